The van der Waals surface area contributed by atoms with Gasteiger partial charge in [0.1, 0.15) is 0 Å². The van der Waals surface area contributed by atoms with Crippen LogP contribution in [-0.4, -0.2) is 21.7 Å². The Morgan fingerprint density at radius 3 is 2.52 bits per heavy atom. The monoisotopic (exact) mass is 401 g/mol. The number of hydrogen-bond acceptors (Lipinski definition) is 5. The second-order valence-corrected chi connectivity index (χ2v) is 7.82. The van der Waals surface area contributed by atoms with E-state index in [1.165, 1.54) is 16.0 Å². The Morgan fingerprint density at radius 2 is 1.72 bits per heavy atom. The number of thiophene rings is 1. The van der Waals surface area contributed by atoms with Gasteiger partial charge in [0.2, 0.25) is 5.95 Å². The van der Waals surface area contributed by atoms with Crippen LogP contribution in [0.3, 0.4) is 0 Å². The van der Waals surface area contributed by atoms with Crippen LogP contribution in [0.2, 0.25) is 0 Å². The first-order valence-corrected chi connectivity index (χ1v) is 10.6. The molecule has 0 saturated carbocycles. The minimum absolute atomic E-state index is 0.156. The highest BCUT2D eigenvalue weighted by atomic mass is 32.1. The van der Waals surface area contributed by atoms with Gasteiger partial charge in [-0.2, -0.15) is 0 Å². The standard InChI is InChI=1S/C24H23N3OS/c1-2-18-5-3-4-6-20(18)22-11-12-23(29-22)21-13-15-25-24(27-21)26-19-9-7-17(8-10-19)14-16-28/h3-13,15,28H,2,14,16H2,1H3,(H,25,26,27). The van der Waals surface area contributed by atoms with E-state index in [2.05, 4.69) is 53.6 Å². The maximum atomic E-state index is 9.03. The predicted molar refractivity (Wildman–Crippen MR) is 121 cm³/mol. The smallest absolute Gasteiger partial charge is 0.227 e. The maximum absolute atomic E-state index is 9.03. The van der Waals surface area contributed by atoms with E-state index in [4.69, 9.17) is 10.1 Å². The van der Waals surface area contributed by atoms with Crippen molar-refractivity contribution in [1.82, 2.24) is 9.97 Å². The number of anilines is 2. The number of aliphatic hydroxyl groups excluding tert-OH is 1. The summed E-state index contributed by atoms with van der Waals surface area (Å²) in [5, 5.41) is 12.3. The number of hydrogen-bond donors (Lipinski definition) is 2. The largest absolute Gasteiger partial charge is 0.396 e. The average molecular weight is 402 g/mol. The molecule has 2 aromatic carbocycles. The lowest BCUT2D eigenvalue weighted by molar-refractivity contribution is 0.299. The van der Waals surface area contributed by atoms with Crippen LogP contribution in [0.15, 0.2) is 72.9 Å². The molecule has 0 saturated heterocycles. The fourth-order valence-corrected chi connectivity index (χ4v) is 4.29. The molecule has 2 N–H and O–H groups in total. The summed E-state index contributed by atoms with van der Waals surface area (Å²) in [6, 6.07) is 22.7. The Hall–Kier alpha value is -3.02. The van der Waals surface area contributed by atoms with Crippen LogP contribution in [0.4, 0.5) is 11.6 Å². The number of aryl methyl sites for hydroxylation is 1. The molecule has 0 atom stereocenters. The summed E-state index contributed by atoms with van der Waals surface area (Å²) < 4.78 is 0. The maximum Gasteiger partial charge on any atom is 0.227 e. The first kappa shape index (κ1) is 19.3. The summed E-state index contributed by atoms with van der Waals surface area (Å²) in [4.78, 5) is 11.4. The van der Waals surface area contributed by atoms with Crippen LogP contribution < -0.4 is 5.32 Å². The highest BCUT2D eigenvalue weighted by Gasteiger charge is 2.10. The summed E-state index contributed by atoms with van der Waals surface area (Å²) in [5.41, 5.74) is 5.58. The Labute approximate surface area is 174 Å². The molecule has 29 heavy (non-hydrogen) atoms. The molecular formula is C24H23N3OS. The molecule has 0 fully saturated rings. The molecule has 0 aliphatic heterocycles. The van der Waals surface area contributed by atoms with Crippen LogP contribution in [0.25, 0.3) is 21.0 Å². The first-order valence-electron chi connectivity index (χ1n) is 9.75. The quantitative estimate of drug-likeness (QED) is 0.416. The number of aliphatic hydroxyl groups is 1. The van der Waals surface area contributed by atoms with Crippen molar-refractivity contribution in [2.75, 3.05) is 11.9 Å². The number of nitrogens with one attached hydrogen (secondary N) is 1. The van der Waals surface area contributed by atoms with E-state index >= 15 is 0 Å². The molecule has 2 aromatic heterocycles. The summed E-state index contributed by atoms with van der Waals surface area (Å²) in [7, 11) is 0. The van der Waals surface area contributed by atoms with Crippen molar-refractivity contribution in [3.63, 3.8) is 0 Å². The molecule has 5 heteroatoms. The zero-order valence-corrected chi connectivity index (χ0v) is 17.1. The molecule has 0 aliphatic carbocycles. The fraction of sp³-hybridized carbons (Fsp3) is 0.167. The molecule has 4 rings (SSSR count). The molecule has 2 heterocycles. The van der Waals surface area contributed by atoms with Crippen LogP contribution in [0, 0.1) is 0 Å². The normalized spacial score (nSPS) is 10.8. The fourth-order valence-electron chi connectivity index (χ4n) is 3.26. The molecule has 0 radical (unpaired) electrons. The second kappa shape index (κ2) is 8.99. The zero-order chi connectivity index (χ0) is 20.1. The van der Waals surface area contributed by atoms with Crippen LogP contribution >= 0.6 is 11.3 Å². The van der Waals surface area contributed by atoms with Gasteiger partial charge in [-0.15, -0.1) is 11.3 Å². The summed E-state index contributed by atoms with van der Waals surface area (Å²) in [5.74, 6) is 0.571. The summed E-state index contributed by atoms with van der Waals surface area (Å²) >= 11 is 1.75. The highest BCUT2D eigenvalue weighted by molar-refractivity contribution is 7.18. The molecule has 0 amide bonds. The van der Waals surface area contributed by atoms with Crippen molar-refractivity contribution < 1.29 is 5.11 Å². The van der Waals surface area contributed by atoms with Crippen molar-refractivity contribution in [1.29, 1.82) is 0 Å². The summed E-state index contributed by atoms with van der Waals surface area (Å²) in [6.07, 6.45) is 3.46. The predicted octanol–water partition coefficient (Wildman–Crippen LogP) is 5.71. The lowest BCUT2D eigenvalue weighted by Gasteiger charge is -2.07. The molecule has 4 aromatic rings. The third-order valence-electron chi connectivity index (χ3n) is 4.79. The molecule has 0 aliphatic rings. The van der Waals surface area contributed by atoms with E-state index in [1.54, 1.807) is 17.5 Å². The van der Waals surface area contributed by atoms with Gasteiger partial charge >= 0.3 is 0 Å². The van der Waals surface area contributed by atoms with E-state index < -0.39 is 0 Å². The van der Waals surface area contributed by atoms with Crippen LogP contribution in [0.1, 0.15) is 18.1 Å². The van der Waals surface area contributed by atoms with Crippen LogP contribution in [-0.2, 0) is 12.8 Å². The molecular weight excluding hydrogens is 378 g/mol. The van der Waals surface area contributed by atoms with E-state index in [-0.39, 0.29) is 6.61 Å². The van der Waals surface area contributed by atoms with Crippen molar-refractivity contribution in [3.05, 3.63) is 84.1 Å². The van der Waals surface area contributed by atoms with Gasteiger partial charge in [-0.05, 0) is 59.9 Å². The van der Waals surface area contributed by atoms with Gasteiger partial charge in [-0.25, -0.2) is 9.97 Å². The van der Waals surface area contributed by atoms with Gasteiger partial charge < -0.3 is 10.4 Å². The molecule has 0 unspecified atom stereocenters. The molecule has 146 valence electrons. The van der Waals surface area contributed by atoms with E-state index in [9.17, 15) is 0 Å². The van der Waals surface area contributed by atoms with Gasteiger partial charge in [0.05, 0.1) is 10.6 Å². The van der Waals surface area contributed by atoms with Gasteiger partial charge in [0, 0.05) is 23.4 Å². The minimum Gasteiger partial charge on any atom is -0.396 e. The van der Waals surface area contributed by atoms with Crippen molar-refractivity contribution in [2.45, 2.75) is 19.8 Å². The Bertz CT molecular complexity index is 1090. The number of benzene rings is 2. The van der Waals surface area contributed by atoms with Crippen molar-refractivity contribution in [3.8, 4) is 21.0 Å². The lowest BCUT2D eigenvalue weighted by Crippen LogP contribution is -1.98. The Balaban J connectivity index is 1.55. The van der Waals surface area contributed by atoms with Gasteiger partial charge in [-0.3, -0.25) is 0 Å². The minimum atomic E-state index is 0.156. The van der Waals surface area contributed by atoms with E-state index in [1.807, 2.05) is 30.3 Å². The van der Waals surface area contributed by atoms with Gasteiger partial charge in [-0.1, -0.05) is 43.3 Å². The Kier molecular flexibility index (Phi) is 5.98. The third kappa shape index (κ3) is 4.53. The highest BCUT2D eigenvalue weighted by Crippen LogP contribution is 2.35. The molecule has 0 bridgehead atoms. The first-order chi connectivity index (χ1) is 14.3. The Morgan fingerprint density at radius 1 is 0.931 bits per heavy atom. The number of rotatable bonds is 7. The lowest BCUT2D eigenvalue weighted by atomic mass is 10.0. The van der Waals surface area contributed by atoms with Crippen LogP contribution in [0.5, 0.6) is 0 Å². The topological polar surface area (TPSA) is 58.0 Å². The van der Waals surface area contributed by atoms with E-state index in [0.717, 1.165) is 28.2 Å². The number of aromatic nitrogens is 2. The second-order valence-electron chi connectivity index (χ2n) is 6.74. The van der Waals surface area contributed by atoms with Crippen molar-refractivity contribution >= 4 is 23.0 Å². The summed E-state index contributed by atoms with van der Waals surface area (Å²) in [6.45, 7) is 2.34. The third-order valence-corrected chi connectivity index (χ3v) is 5.93. The molecule has 4 nitrogen and oxygen atoms in total. The van der Waals surface area contributed by atoms with Gasteiger partial charge in [0.25, 0.3) is 0 Å². The van der Waals surface area contributed by atoms with Crippen molar-refractivity contribution in [2.24, 2.45) is 0 Å². The average Bonchev–Trinajstić information content (AvgIpc) is 3.26. The molecule has 0 spiro atoms. The number of nitrogens with zero attached hydrogens (tertiary/aromatic N) is 2. The van der Waals surface area contributed by atoms with E-state index in [0.29, 0.717) is 12.4 Å². The SMILES string of the molecule is CCc1ccccc1-c1ccc(-c2ccnc(Nc3ccc(CCO)cc3)n2)s1. The zero-order valence-electron chi connectivity index (χ0n) is 16.3. The van der Waals surface area contributed by atoms with Gasteiger partial charge in [0.15, 0.2) is 0 Å².